The Kier molecular flexibility index (Phi) is 4.32. The van der Waals surface area contributed by atoms with E-state index >= 15 is 0 Å². The highest BCUT2D eigenvalue weighted by Crippen LogP contribution is 2.41. The van der Waals surface area contributed by atoms with Crippen molar-refractivity contribution in [1.82, 2.24) is 9.97 Å². The van der Waals surface area contributed by atoms with Crippen LogP contribution in [0.25, 0.3) is 21.3 Å². The minimum absolute atomic E-state index is 0.291. The van der Waals surface area contributed by atoms with E-state index in [1.54, 1.807) is 11.3 Å². The van der Waals surface area contributed by atoms with Crippen molar-refractivity contribution in [2.45, 2.75) is 33.2 Å². The van der Waals surface area contributed by atoms with Crippen molar-refractivity contribution >= 4 is 39.0 Å². The van der Waals surface area contributed by atoms with Gasteiger partial charge in [-0.25, -0.2) is 9.97 Å². The van der Waals surface area contributed by atoms with Gasteiger partial charge >= 0.3 is 0 Å². The third-order valence-electron chi connectivity index (χ3n) is 3.76. The summed E-state index contributed by atoms with van der Waals surface area (Å²) in [5, 5.41) is 4.83. The van der Waals surface area contributed by atoms with Crippen molar-refractivity contribution in [1.29, 1.82) is 0 Å². The van der Waals surface area contributed by atoms with Gasteiger partial charge in [-0.05, 0) is 37.4 Å². The first-order valence-corrected chi connectivity index (χ1v) is 8.58. The molecule has 0 saturated carbocycles. The van der Waals surface area contributed by atoms with E-state index in [9.17, 15) is 0 Å². The molecule has 2 heterocycles. The zero-order valence-electron chi connectivity index (χ0n) is 12.9. The number of aromatic nitrogens is 2. The molecule has 3 rings (SSSR count). The molecule has 0 radical (unpaired) electrons. The predicted molar refractivity (Wildman–Crippen MR) is 96.0 cm³/mol. The number of thiophene rings is 1. The van der Waals surface area contributed by atoms with Gasteiger partial charge < -0.3 is 5.32 Å². The van der Waals surface area contributed by atoms with Crippen LogP contribution in [0.15, 0.2) is 30.3 Å². The average Bonchev–Trinajstić information content (AvgIpc) is 2.83. The molecule has 0 aliphatic carbocycles. The molecule has 1 atom stereocenters. The fourth-order valence-electron chi connectivity index (χ4n) is 2.48. The molecule has 3 nitrogen and oxygen atoms in total. The predicted octanol–water partition coefficient (Wildman–Crippen LogP) is 5.53. The van der Waals surface area contributed by atoms with Crippen LogP contribution in [0.5, 0.6) is 0 Å². The standard InChI is InChI=1S/C17H18ClN3S/c1-4-10(2)19-15-14-13(12-8-6-5-7-9-12)11(3)22-16(14)21-17(18)20-15/h5-10H,4H2,1-3H3,(H,19,20,21). The van der Waals surface area contributed by atoms with E-state index in [0.29, 0.717) is 11.3 Å². The van der Waals surface area contributed by atoms with Gasteiger partial charge in [-0.2, -0.15) is 0 Å². The zero-order chi connectivity index (χ0) is 15.7. The van der Waals surface area contributed by atoms with E-state index in [-0.39, 0.29) is 0 Å². The van der Waals surface area contributed by atoms with Gasteiger partial charge in [-0.3, -0.25) is 0 Å². The summed E-state index contributed by atoms with van der Waals surface area (Å²) in [4.78, 5) is 11.0. The Morgan fingerprint density at radius 3 is 2.64 bits per heavy atom. The lowest BCUT2D eigenvalue weighted by molar-refractivity contribution is 0.760. The first-order valence-electron chi connectivity index (χ1n) is 7.38. The molecule has 3 aromatic rings. The molecule has 22 heavy (non-hydrogen) atoms. The Labute approximate surface area is 139 Å². The Morgan fingerprint density at radius 2 is 1.95 bits per heavy atom. The van der Waals surface area contributed by atoms with Gasteiger partial charge in [0.15, 0.2) is 0 Å². The second-order valence-corrected chi connectivity index (χ2v) is 6.92. The van der Waals surface area contributed by atoms with Crippen molar-refractivity contribution in [2.24, 2.45) is 0 Å². The number of rotatable bonds is 4. The molecule has 0 saturated heterocycles. The lowest BCUT2D eigenvalue weighted by atomic mass is 10.0. The first kappa shape index (κ1) is 15.3. The van der Waals surface area contributed by atoms with E-state index in [1.807, 2.05) is 6.07 Å². The lowest BCUT2D eigenvalue weighted by Crippen LogP contribution is -2.15. The zero-order valence-corrected chi connectivity index (χ0v) is 14.4. The summed E-state index contributed by atoms with van der Waals surface area (Å²) in [5.41, 5.74) is 2.38. The second-order valence-electron chi connectivity index (χ2n) is 5.37. The topological polar surface area (TPSA) is 37.8 Å². The van der Waals surface area contributed by atoms with Gasteiger partial charge in [-0.1, -0.05) is 37.3 Å². The number of nitrogens with zero attached hydrogens (tertiary/aromatic N) is 2. The molecular formula is C17H18ClN3S. The quantitative estimate of drug-likeness (QED) is 0.639. The van der Waals surface area contributed by atoms with Crippen molar-refractivity contribution in [2.75, 3.05) is 5.32 Å². The molecule has 0 aliphatic rings. The first-order chi connectivity index (χ1) is 10.6. The Hall–Kier alpha value is -1.65. The molecule has 0 amide bonds. The number of benzene rings is 1. The monoisotopic (exact) mass is 331 g/mol. The Morgan fingerprint density at radius 1 is 1.23 bits per heavy atom. The maximum Gasteiger partial charge on any atom is 0.225 e. The average molecular weight is 332 g/mol. The molecule has 1 aromatic carbocycles. The molecule has 0 fully saturated rings. The van der Waals surface area contributed by atoms with Gasteiger partial charge in [-0.15, -0.1) is 11.3 Å². The highest BCUT2D eigenvalue weighted by molar-refractivity contribution is 7.19. The summed E-state index contributed by atoms with van der Waals surface area (Å²) >= 11 is 7.76. The van der Waals surface area contributed by atoms with Crippen molar-refractivity contribution in [3.63, 3.8) is 0 Å². The number of hydrogen-bond acceptors (Lipinski definition) is 4. The number of hydrogen-bond donors (Lipinski definition) is 1. The van der Waals surface area contributed by atoms with Crippen LogP contribution < -0.4 is 5.32 Å². The van der Waals surface area contributed by atoms with Crippen molar-refractivity contribution in [3.05, 3.63) is 40.5 Å². The molecule has 5 heteroatoms. The van der Waals surface area contributed by atoms with Gasteiger partial charge in [0.05, 0.1) is 5.39 Å². The summed E-state index contributed by atoms with van der Waals surface area (Å²) < 4.78 is 0. The molecule has 0 aliphatic heterocycles. The molecule has 2 aromatic heterocycles. The third kappa shape index (κ3) is 2.81. The summed E-state index contributed by atoms with van der Waals surface area (Å²) in [6.07, 6.45) is 1.02. The van der Waals surface area contributed by atoms with Crippen LogP contribution in [0.3, 0.4) is 0 Å². The fraction of sp³-hybridized carbons (Fsp3) is 0.294. The van der Waals surface area contributed by atoms with E-state index in [4.69, 9.17) is 11.6 Å². The molecule has 114 valence electrons. The number of aryl methyl sites for hydroxylation is 1. The SMILES string of the molecule is CCC(C)Nc1nc(Cl)nc2sc(C)c(-c3ccccc3)c12. The fourth-order valence-corrected chi connectivity index (χ4v) is 3.74. The normalized spacial score (nSPS) is 12.5. The van der Waals surface area contributed by atoms with Gasteiger partial charge in [0.2, 0.25) is 5.28 Å². The van der Waals surface area contributed by atoms with Crippen LogP contribution in [0.2, 0.25) is 5.28 Å². The van der Waals surface area contributed by atoms with Crippen LogP contribution in [-0.2, 0) is 0 Å². The highest BCUT2D eigenvalue weighted by atomic mass is 35.5. The smallest absolute Gasteiger partial charge is 0.225 e. The van der Waals surface area contributed by atoms with Crippen molar-refractivity contribution in [3.8, 4) is 11.1 Å². The largest absolute Gasteiger partial charge is 0.367 e. The summed E-state index contributed by atoms with van der Waals surface area (Å²) in [6, 6.07) is 10.7. The van der Waals surface area contributed by atoms with Gasteiger partial charge in [0.25, 0.3) is 0 Å². The molecule has 0 bridgehead atoms. The lowest BCUT2D eigenvalue weighted by Gasteiger charge is -2.14. The summed E-state index contributed by atoms with van der Waals surface area (Å²) in [7, 11) is 0. The minimum atomic E-state index is 0.291. The third-order valence-corrected chi connectivity index (χ3v) is 4.93. The summed E-state index contributed by atoms with van der Waals surface area (Å²) in [5.74, 6) is 0.826. The molecule has 1 N–H and O–H groups in total. The second kappa shape index (κ2) is 6.23. The van der Waals surface area contributed by atoms with Crippen LogP contribution in [0, 0.1) is 6.92 Å². The number of fused-ring (bicyclic) bond motifs is 1. The van der Waals surface area contributed by atoms with Crippen molar-refractivity contribution < 1.29 is 0 Å². The maximum absolute atomic E-state index is 6.10. The van der Waals surface area contributed by atoms with E-state index in [1.165, 1.54) is 16.0 Å². The maximum atomic E-state index is 6.10. The molecule has 0 spiro atoms. The van der Waals surface area contributed by atoms with Gasteiger partial charge in [0, 0.05) is 16.5 Å². The minimum Gasteiger partial charge on any atom is -0.367 e. The summed E-state index contributed by atoms with van der Waals surface area (Å²) in [6.45, 7) is 6.41. The van der Waals surface area contributed by atoms with E-state index in [2.05, 4.69) is 60.3 Å². The number of anilines is 1. The molecule has 1 unspecified atom stereocenters. The van der Waals surface area contributed by atoms with Gasteiger partial charge in [0.1, 0.15) is 10.6 Å². The number of nitrogens with one attached hydrogen (secondary N) is 1. The number of halogens is 1. The van der Waals surface area contributed by atoms with E-state index < -0.39 is 0 Å². The van der Waals surface area contributed by atoms with Crippen LogP contribution in [0.1, 0.15) is 25.1 Å². The van der Waals surface area contributed by atoms with E-state index in [0.717, 1.165) is 22.5 Å². The van der Waals surface area contributed by atoms with Crippen LogP contribution in [0.4, 0.5) is 5.82 Å². The Bertz CT molecular complexity index is 799. The van der Waals surface area contributed by atoms with Crippen LogP contribution >= 0.6 is 22.9 Å². The Balaban J connectivity index is 2.26. The molecular weight excluding hydrogens is 314 g/mol. The van der Waals surface area contributed by atoms with Crippen LogP contribution in [-0.4, -0.2) is 16.0 Å². The highest BCUT2D eigenvalue weighted by Gasteiger charge is 2.18.